The molecule has 1 unspecified atom stereocenters. The predicted molar refractivity (Wildman–Crippen MR) is 102 cm³/mol. The Hall–Kier alpha value is 0.0969. The Labute approximate surface area is 141 Å². The first-order valence-electron chi connectivity index (χ1n) is 9.10. The molecular formula is C18H42N2OSi. The Morgan fingerprint density at radius 1 is 0.909 bits per heavy atom. The van der Waals surface area contributed by atoms with Crippen LogP contribution in [-0.2, 0) is 4.43 Å². The predicted octanol–water partition coefficient (Wildman–Crippen LogP) is 4.31. The van der Waals surface area contributed by atoms with Crippen molar-refractivity contribution < 1.29 is 4.43 Å². The van der Waals surface area contributed by atoms with Crippen molar-refractivity contribution in [3.63, 3.8) is 0 Å². The van der Waals surface area contributed by atoms with Crippen molar-refractivity contribution in [1.82, 2.24) is 9.80 Å². The van der Waals surface area contributed by atoms with Crippen molar-refractivity contribution in [2.75, 3.05) is 47.9 Å². The lowest BCUT2D eigenvalue weighted by Crippen LogP contribution is -2.47. The number of rotatable bonds is 13. The van der Waals surface area contributed by atoms with Crippen LogP contribution in [0.15, 0.2) is 0 Å². The first-order valence-corrected chi connectivity index (χ1v) is 11.9. The summed E-state index contributed by atoms with van der Waals surface area (Å²) in [5, 5.41) is 0. The van der Waals surface area contributed by atoms with Gasteiger partial charge in [-0.2, -0.15) is 0 Å². The molecule has 0 aromatic rings. The zero-order valence-electron chi connectivity index (χ0n) is 16.7. The van der Waals surface area contributed by atoms with E-state index in [1.165, 1.54) is 37.8 Å². The van der Waals surface area contributed by atoms with Gasteiger partial charge >= 0.3 is 0 Å². The molecule has 0 N–H and O–H groups in total. The molecule has 0 rings (SSSR count). The van der Waals surface area contributed by atoms with Crippen LogP contribution < -0.4 is 0 Å². The summed E-state index contributed by atoms with van der Waals surface area (Å²) in [5.74, 6) is 0. The highest BCUT2D eigenvalue weighted by molar-refractivity contribution is 6.72. The van der Waals surface area contributed by atoms with Crippen LogP contribution in [0, 0.1) is 5.41 Å². The maximum absolute atomic E-state index is 6.37. The normalized spacial score (nSPS) is 15.5. The lowest BCUT2D eigenvalue weighted by atomic mass is 9.92. The van der Waals surface area contributed by atoms with E-state index in [-0.39, 0.29) is 0 Å². The van der Waals surface area contributed by atoms with E-state index in [4.69, 9.17) is 4.43 Å². The maximum Gasteiger partial charge on any atom is 0.190 e. The molecule has 4 heteroatoms. The van der Waals surface area contributed by atoms with Crippen molar-refractivity contribution in [3.05, 3.63) is 0 Å². The molecule has 22 heavy (non-hydrogen) atoms. The van der Waals surface area contributed by atoms with Crippen LogP contribution in [0.25, 0.3) is 0 Å². The van der Waals surface area contributed by atoms with E-state index in [1.54, 1.807) is 0 Å². The molecule has 0 aliphatic rings. The molecule has 0 aliphatic carbocycles. The standard InChI is InChI=1S/C18H42N2OSi/c1-9-11-12-13-14-22(8,21-10-2)17-18(3,15-19(4)5)16-20(6)7/h9-17H2,1-8H3. The van der Waals surface area contributed by atoms with Gasteiger partial charge in [0.15, 0.2) is 8.32 Å². The maximum atomic E-state index is 6.37. The highest BCUT2D eigenvalue weighted by atomic mass is 28.4. The Balaban J connectivity index is 4.86. The Morgan fingerprint density at radius 3 is 1.86 bits per heavy atom. The summed E-state index contributed by atoms with van der Waals surface area (Å²) in [6.07, 6.45) is 5.38. The minimum Gasteiger partial charge on any atom is -0.417 e. The SMILES string of the molecule is CCCCCC[Si](C)(CC(C)(CN(C)C)CN(C)C)OCC. The lowest BCUT2D eigenvalue weighted by Gasteiger charge is -2.41. The largest absolute Gasteiger partial charge is 0.417 e. The van der Waals surface area contributed by atoms with Gasteiger partial charge in [0.2, 0.25) is 0 Å². The molecule has 0 aromatic heterocycles. The minimum atomic E-state index is -1.62. The van der Waals surface area contributed by atoms with Crippen molar-refractivity contribution in [1.29, 1.82) is 0 Å². The summed E-state index contributed by atoms with van der Waals surface area (Å²) in [7, 11) is 7.14. The molecule has 0 spiro atoms. The van der Waals surface area contributed by atoms with Crippen molar-refractivity contribution in [2.24, 2.45) is 5.41 Å². The second kappa shape index (κ2) is 10.8. The molecule has 134 valence electrons. The highest BCUT2D eigenvalue weighted by Crippen LogP contribution is 2.34. The average Bonchev–Trinajstić information content (AvgIpc) is 2.32. The van der Waals surface area contributed by atoms with Gasteiger partial charge in [0, 0.05) is 19.7 Å². The van der Waals surface area contributed by atoms with Crippen molar-refractivity contribution in [2.45, 2.75) is 65.1 Å². The second-order valence-electron chi connectivity index (χ2n) is 8.16. The van der Waals surface area contributed by atoms with Gasteiger partial charge in [-0.3, -0.25) is 0 Å². The third-order valence-electron chi connectivity index (χ3n) is 4.25. The summed E-state index contributed by atoms with van der Waals surface area (Å²) in [6, 6.07) is 2.58. The smallest absolute Gasteiger partial charge is 0.190 e. The average molecular weight is 331 g/mol. The first-order chi connectivity index (χ1) is 10.2. The number of hydrogen-bond acceptors (Lipinski definition) is 3. The van der Waals surface area contributed by atoms with E-state index in [1.807, 2.05) is 0 Å². The fourth-order valence-corrected chi connectivity index (χ4v) is 8.22. The molecule has 0 bridgehead atoms. The molecule has 0 amide bonds. The van der Waals surface area contributed by atoms with E-state index >= 15 is 0 Å². The van der Waals surface area contributed by atoms with E-state index < -0.39 is 8.32 Å². The zero-order valence-corrected chi connectivity index (χ0v) is 17.7. The van der Waals surface area contributed by atoms with Gasteiger partial charge in [-0.05, 0) is 59.2 Å². The topological polar surface area (TPSA) is 15.7 Å². The minimum absolute atomic E-state index is 0.313. The van der Waals surface area contributed by atoms with Crippen LogP contribution in [0.1, 0.15) is 46.5 Å². The molecule has 0 saturated carbocycles. The molecule has 0 radical (unpaired) electrons. The molecule has 0 fully saturated rings. The molecule has 1 atom stereocenters. The van der Waals surface area contributed by atoms with E-state index in [2.05, 4.69) is 65.3 Å². The number of unbranched alkanes of at least 4 members (excludes halogenated alkanes) is 3. The fraction of sp³-hybridized carbons (Fsp3) is 1.00. The van der Waals surface area contributed by atoms with Gasteiger partial charge in [0.25, 0.3) is 0 Å². The molecule has 0 saturated heterocycles. The van der Waals surface area contributed by atoms with Gasteiger partial charge < -0.3 is 14.2 Å². The summed E-state index contributed by atoms with van der Waals surface area (Å²) in [4.78, 5) is 4.67. The summed E-state index contributed by atoms with van der Waals surface area (Å²) >= 11 is 0. The lowest BCUT2D eigenvalue weighted by molar-refractivity contribution is 0.171. The summed E-state index contributed by atoms with van der Waals surface area (Å²) in [5.41, 5.74) is 0.313. The van der Waals surface area contributed by atoms with Crippen molar-refractivity contribution in [3.8, 4) is 0 Å². The quantitative estimate of drug-likeness (QED) is 0.370. The monoisotopic (exact) mass is 330 g/mol. The van der Waals surface area contributed by atoms with Gasteiger partial charge in [-0.1, -0.05) is 39.5 Å². The van der Waals surface area contributed by atoms with Crippen LogP contribution in [0.5, 0.6) is 0 Å². The van der Waals surface area contributed by atoms with Crippen LogP contribution in [0.2, 0.25) is 18.6 Å². The fourth-order valence-electron chi connectivity index (χ4n) is 4.08. The number of nitrogens with zero attached hydrogens (tertiary/aromatic N) is 2. The Morgan fingerprint density at radius 2 is 1.45 bits per heavy atom. The third-order valence-corrected chi connectivity index (χ3v) is 8.25. The Kier molecular flexibility index (Phi) is 10.8. The van der Waals surface area contributed by atoms with Crippen LogP contribution in [-0.4, -0.2) is 66.0 Å². The van der Waals surface area contributed by atoms with Crippen LogP contribution in [0.4, 0.5) is 0 Å². The second-order valence-corrected chi connectivity index (χ2v) is 12.2. The third kappa shape index (κ3) is 9.98. The van der Waals surface area contributed by atoms with Gasteiger partial charge in [-0.15, -0.1) is 0 Å². The summed E-state index contributed by atoms with van der Waals surface area (Å²) in [6.45, 7) is 12.5. The van der Waals surface area contributed by atoms with Gasteiger partial charge in [-0.25, -0.2) is 0 Å². The van der Waals surface area contributed by atoms with E-state index in [9.17, 15) is 0 Å². The first kappa shape index (κ1) is 22.1. The molecule has 0 aliphatic heterocycles. The molecule has 0 heterocycles. The van der Waals surface area contributed by atoms with E-state index in [0.717, 1.165) is 19.7 Å². The van der Waals surface area contributed by atoms with Gasteiger partial charge in [0.1, 0.15) is 0 Å². The van der Waals surface area contributed by atoms with Crippen molar-refractivity contribution >= 4 is 8.32 Å². The zero-order chi connectivity index (χ0) is 17.2. The molecule has 0 aromatic carbocycles. The highest BCUT2D eigenvalue weighted by Gasteiger charge is 2.38. The molecular weight excluding hydrogens is 288 g/mol. The molecule has 3 nitrogen and oxygen atoms in total. The van der Waals surface area contributed by atoms with Crippen LogP contribution in [0.3, 0.4) is 0 Å². The number of hydrogen-bond donors (Lipinski definition) is 0. The van der Waals surface area contributed by atoms with E-state index in [0.29, 0.717) is 5.41 Å². The Bertz CT molecular complexity index is 274. The summed E-state index contributed by atoms with van der Waals surface area (Å²) < 4.78 is 6.37. The van der Waals surface area contributed by atoms with Crippen LogP contribution >= 0.6 is 0 Å². The van der Waals surface area contributed by atoms with Gasteiger partial charge in [0.05, 0.1) is 0 Å².